The van der Waals surface area contributed by atoms with Gasteiger partial charge in [-0.05, 0) is 49.0 Å². The molecule has 3 aliphatic rings. The number of rotatable bonds is 1. The molecular formula is C24H20BN3. The zero-order valence-electron chi connectivity index (χ0n) is 15.8. The van der Waals surface area contributed by atoms with E-state index in [1.165, 1.54) is 33.4 Å². The predicted molar refractivity (Wildman–Crippen MR) is 115 cm³/mol. The van der Waals surface area contributed by atoms with Gasteiger partial charge in [0.1, 0.15) is 13.7 Å². The lowest BCUT2D eigenvalue weighted by molar-refractivity contribution is 0.764. The van der Waals surface area contributed by atoms with Crippen molar-refractivity contribution in [2.45, 2.75) is 32.1 Å². The summed E-state index contributed by atoms with van der Waals surface area (Å²) >= 11 is 0. The van der Waals surface area contributed by atoms with E-state index in [0.717, 1.165) is 47.5 Å². The molecule has 0 saturated carbocycles. The Morgan fingerprint density at radius 3 is 3.00 bits per heavy atom. The van der Waals surface area contributed by atoms with Crippen molar-refractivity contribution in [3.63, 3.8) is 0 Å². The fraction of sp³-hybridized carbons (Fsp3) is 0.208. The normalized spacial score (nSPS) is 20.5. The number of hydrogen-bond acceptors (Lipinski definition) is 1. The SMILES string of the molecule is [B]C1=CCC2C(=C1)C1=C(CCC=C1)c1nc(-c3c(C)[nH]c4ccccc34)[nH]c12. The maximum atomic E-state index is 6.16. The molecule has 28 heavy (non-hydrogen) atoms. The first-order valence-electron chi connectivity index (χ1n) is 9.96. The minimum atomic E-state index is 0.301. The molecule has 3 aromatic rings. The largest absolute Gasteiger partial charge is 0.358 e. The molecule has 6 rings (SSSR count). The molecule has 0 aliphatic heterocycles. The molecule has 2 aromatic heterocycles. The minimum absolute atomic E-state index is 0.301. The van der Waals surface area contributed by atoms with Gasteiger partial charge in [-0.3, -0.25) is 0 Å². The summed E-state index contributed by atoms with van der Waals surface area (Å²) in [5.41, 5.74) is 10.8. The van der Waals surface area contributed by atoms with Gasteiger partial charge in [0.15, 0.2) is 0 Å². The summed E-state index contributed by atoms with van der Waals surface area (Å²) in [5.74, 6) is 1.26. The van der Waals surface area contributed by atoms with Crippen LogP contribution >= 0.6 is 0 Å². The van der Waals surface area contributed by atoms with Crippen LogP contribution in [0.3, 0.4) is 0 Å². The summed E-state index contributed by atoms with van der Waals surface area (Å²) in [6, 6.07) is 8.44. The van der Waals surface area contributed by atoms with Crippen LogP contribution in [0.4, 0.5) is 0 Å². The van der Waals surface area contributed by atoms with Crippen LogP contribution in [0.25, 0.3) is 27.9 Å². The quantitative estimate of drug-likeness (QED) is 0.556. The molecule has 134 valence electrons. The molecule has 0 bridgehead atoms. The Labute approximate surface area is 165 Å². The van der Waals surface area contributed by atoms with Gasteiger partial charge in [0.2, 0.25) is 0 Å². The number of fused-ring (bicyclic) bond motifs is 6. The van der Waals surface area contributed by atoms with Crippen molar-refractivity contribution in [3.8, 4) is 11.4 Å². The van der Waals surface area contributed by atoms with E-state index < -0.39 is 0 Å². The fourth-order valence-electron chi connectivity index (χ4n) is 5.01. The first kappa shape index (κ1) is 16.0. The molecule has 1 atom stereocenters. The van der Waals surface area contributed by atoms with Crippen molar-refractivity contribution >= 4 is 24.3 Å². The van der Waals surface area contributed by atoms with Crippen molar-refractivity contribution in [3.05, 3.63) is 82.3 Å². The Morgan fingerprint density at radius 2 is 2.07 bits per heavy atom. The van der Waals surface area contributed by atoms with Crippen LogP contribution in [0, 0.1) is 6.92 Å². The minimum Gasteiger partial charge on any atom is -0.358 e. The number of imidazole rings is 1. The van der Waals surface area contributed by atoms with Gasteiger partial charge >= 0.3 is 0 Å². The second-order valence-electron chi connectivity index (χ2n) is 7.94. The van der Waals surface area contributed by atoms with Crippen LogP contribution in [-0.2, 0) is 0 Å². The van der Waals surface area contributed by atoms with Crippen LogP contribution in [0.5, 0.6) is 0 Å². The summed E-state index contributed by atoms with van der Waals surface area (Å²) in [5, 5.41) is 1.22. The van der Waals surface area contributed by atoms with Crippen molar-refractivity contribution < 1.29 is 0 Å². The molecule has 3 aliphatic carbocycles. The molecule has 0 amide bonds. The molecule has 0 fully saturated rings. The lowest BCUT2D eigenvalue weighted by Gasteiger charge is -2.32. The third kappa shape index (κ3) is 2.15. The molecule has 1 aromatic carbocycles. The molecule has 2 N–H and O–H groups in total. The van der Waals surface area contributed by atoms with Crippen LogP contribution < -0.4 is 0 Å². The van der Waals surface area contributed by atoms with Crippen molar-refractivity contribution in [2.75, 3.05) is 0 Å². The lowest BCUT2D eigenvalue weighted by atomic mass is 9.71. The molecule has 3 nitrogen and oxygen atoms in total. The monoisotopic (exact) mass is 361 g/mol. The molecule has 4 heteroatoms. The Balaban J connectivity index is 1.60. The number of hydrogen-bond donors (Lipinski definition) is 2. The first-order chi connectivity index (χ1) is 13.7. The van der Waals surface area contributed by atoms with Gasteiger partial charge in [-0.2, -0.15) is 0 Å². The van der Waals surface area contributed by atoms with Crippen LogP contribution in [0.2, 0.25) is 0 Å². The summed E-state index contributed by atoms with van der Waals surface area (Å²) in [6.07, 6.45) is 11.8. The van der Waals surface area contributed by atoms with Crippen LogP contribution in [0.15, 0.2) is 65.2 Å². The number of benzene rings is 1. The van der Waals surface area contributed by atoms with Gasteiger partial charge in [-0.15, -0.1) is 5.47 Å². The van der Waals surface area contributed by atoms with Crippen molar-refractivity contribution in [2.24, 2.45) is 0 Å². The molecule has 2 radical (unpaired) electrons. The average Bonchev–Trinajstić information content (AvgIpc) is 3.28. The smallest absolute Gasteiger partial charge is 0.140 e. The van der Waals surface area contributed by atoms with E-state index in [1.807, 2.05) is 0 Å². The van der Waals surface area contributed by atoms with E-state index in [2.05, 4.69) is 65.5 Å². The van der Waals surface area contributed by atoms with E-state index >= 15 is 0 Å². The zero-order valence-corrected chi connectivity index (χ0v) is 15.8. The third-order valence-corrected chi connectivity index (χ3v) is 6.26. The van der Waals surface area contributed by atoms with Gasteiger partial charge in [-0.1, -0.05) is 42.5 Å². The first-order valence-corrected chi connectivity index (χ1v) is 9.96. The third-order valence-electron chi connectivity index (χ3n) is 6.26. The summed E-state index contributed by atoms with van der Waals surface area (Å²) in [6.45, 7) is 2.13. The summed E-state index contributed by atoms with van der Waals surface area (Å²) in [7, 11) is 6.16. The van der Waals surface area contributed by atoms with E-state index in [1.54, 1.807) is 0 Å². The van der Waals surface area contributed by atoms with Gasteiger partial charge in [0, 0.05) is 28.1 Å². The Kier molecular flexibility index (Phi) is 3.28. The van der Waals surface area contributed by atoms with E-state index in [9.17, 15) is 0 Å². The number of aryl methyl sites for hydroxylation is 1. The number of nitrogens with one attached hydrogen (secondary N) is 2. The fourth-order valence-corrected chi connectivity index (χ4v) is 5.01. The highest BCUT2D eigenvalue weighted by molar-refractivity contribution is 6.23. The predicted octanol–water partition coefficient (Wildman–Crippen LogP) is 5.45. The maximum Gasteiger partial charge on any atom is 0.140 e. The van der Waals surface area contributed by atoms with Gasteiger partial charge in [0.05, 0.1) is 11.4 Å². The highest BCUT2D eigenvalue weighted by Gasteiger charge is 2.34. The molecule has 2 heterocycles. The Morgan fingerprint density at radius 1 is 1.18 bits per heavy atom. The second-order valence-corrected chi connectivity index (χ2v) is 7.94. The number of aromatic nitrogens is 3. The number of allylic oxidation sites excluding steroid dienone is 8. The van der Waals surface area contributed by atoms with Crippen molar-refractivity contribution in [1.82, 2.24) is 15.0 Å². The molecule has 0 saturated heterocycles. The summed E-state index contributed by atoms with van der Waals surface area (Å²) < 4.78 is 0. The molecule has 1 unspecified atom stereocenters. The topological polar surface area (TPSA) is 44.5 Å². The number of para-hydroxylation sites is 1. The highest BCUT2D eigenvalue weighted by atomic mass is 15.0. The zero-order chi connectivity index (χ0) is 18.8. The van der Waals surface area contributed by atoms with E-state index in [4.69, 9.17) is 12.8 Å². The summed E-state index contributed by atoms with van der Waals surface area (Å²) in [4.78, 5) is 12.4. The van der Waals surface area contributed by atoms with Crippen LogP contribution in [0.1, 0.15) is 42.3 Å². The lowest BCUT2D eigenvalue weighted by Crippen LogP contribution is -2.17. The molecule has 0 spiro atoms. The number of H-pyrrole nitrogens is 2. The van der Waals surface area contributed by atoms with Gasteiger partial charge < -0.3 is 9.97 Å². The maximum absolute atomic E-state index is 6.16. The Hall–Kier alpha value is -3.01. The number of nitrogens with zero attached hydrogens (tertiary/aromatic N) is 1. The second kappa shape index (κ2) is 5.74. The Bertz CT molecular complexity index is 1260. The number of aromatic amines is 2. The van der Waals surface area contributed by atoms with E-state index in [0.29, 0.717) is 5.92 Å². The van der Waals surface area contributed by atoms with Crippen molar-refractivity contribution in [1.29, 1.82) is 0 Å². The van der Waals surface area contributed by atoms with Gasteiger partial charge in [-0.25, -0.2) is 4.98 Å². The molecular weight excluding hydrogens is 341 g/mol. The highest BCUT2D eigenvalue weighted by Crippen LogP contribution is 2.49. The average molecular weight is 361 g/mol. The van der Waals surface area contributed by atoms with Crippen LogP contribution in [-0.4, -0.2) is 22.8 Å². The van der Waals surface area contributed by atoms with E-state index in [-0.39, 0.29) is 0 Å². The standard InChI is InChI=1S/C24H20BN3/c1-13-21(18-8-4-5-9-20(18)26-13)24-27-22-16-7-3-2-6-15(16)19-12-14(25)10-11-17(19)23(22)28-24/h2,4-6,8-10,12,17,26H,3,7,11H2,1H3,(H,27,28). The van der Waals surface area contributed by atoms with Gasteiger partial charge in [0.25, 0.3) is 0 Å².